The van der Waals surface area contributed by atoms with Gasteiger partial charge in [-0.1, -0.05) is 18.2 Å². The van der Waals surface area contributed by atoms with Crippen LogP contribution < -0.4 is 5.73 Å². The Balaban J connectivity index is 1.75. The van der Waals surface area contributed by atoms with Crippen molar-refractivity contribution in [3.63, 3.8) is 0 Å². The van der Waals surface area contributed by atoms with Crippen LogP contribution in [0.4, 0.5) is 5.82 Å². The standard InChI is InChI=1S/C19H14N6/c20-10-13-4-3-5-14(8-13)17-9-18-16(19(21)23-17)12-25(24-18)11-15-6-1-2-7-22-15/h1-9,12H,11H2,(H2,21,23). The summed E-state index contributed by atoms with van der Waals surface area (Å²) in [6.07, 6.45) is 3.64. The van der Waals surface area contributed by atoms with E-state index in [0.29, 0.717) is 23.6 Å². The minimum atomic E-state index is 0.419. The van der Waals surface area contributed by atoms with Crippen LogP contribution in [-0.2, 0) is 6.54 Å². The highest BCUT2D eigenvalue weighted by Gasteiger charge is 2.10. The number of benzene rings is 1. The Morgan fingerprint density at radius 2 is 2.04 bits per heavy atom. The van der Waals surface area contributed by atoms with Gasteiger partial charge >= 0.3 is 0 Å². The highest BCUT2D eigenvalue weighted by Crippen LogP contribution is 2.26. The first-order valence-electron chi connectivity index (χ1n) is 7.77. The highest BCUT2D eigenvalue weighted by molar-refractivity contribution is 5.90. The number of hydrogen-bond acceptors (Lipinski definition) is 5. The molecular weight excluding hydrogens is 312 g/mol. The van der Waals surface area contributed by atoms with Crippen molar-refractivity contribution >= 4 is 16.7 Å². The molecule has 0 saturated carbocycles. The second kappa shape index (κ2) is 6.06. The zero-order valence-electron chi connectivity index (χ0n) is 13.3. The molecule has 0 atom stereocenters. The van der Waals surface area contributed by atoms with Gasteiger partial charge in [0.25, 0.3) is 0 Å². The molecule has 0 unspecified atom stereocenters. The second-order valence-corrected chi connectivity index (χ2v) is 5.67. The van der Waals surface area contributed by atoms with Gasteiger partial charge in [0, 0.05) is 18.0 Å². The van der Waals surface area contributed by atoms with Crippen LogP contribution in [0.2, 0.25) is 0 Å². The first-order valence-corrected chi connectivity index (χ1v) is 7.77. The maximum absolute atomic E-state index is 9.06. The maximum atomic E-state index is 9.06. The fourth-order valence-electron chi connectivity index (χ4n) is 2.73. The third kappa shape index (κ3) is 2.91. The van der Waals surface area contributed by atoms with E-state index in [9.17, 15) is 0 Å². The SMILES string of the molecule is N#Cc1cccc(-c2cc3nn(Cc4ccccn4)cc3c(N)n2)c1. The van der Waals surface area contributed by atoms with E-state index in [1.165, 1.54) is 0 Å². The van der Waals surface area contributed by atoms with E-state index >= 15 is 0 Å². The Bertz CT molecular complexity index is 1090. The number of rotatable bonds is 3. The topological polar surface area (TPSA) is 93.4 Å². The van der Waals surface area contributed by atoms with Gasteiger partial charge in [-0.15, -0.1) is 0 Å². The molecule has 6 heteroatoms. The van der Waals surface area contributed by atoms with Gasteiger partial charge in [0.15, 0.2) is 0 Å². The number of pyridine rings is 2. The fraction of sp³-hybridized carbons (Fsp3) is 0.0526. The molecule has 1 aromatic carbocycles. The Kier molecular flexibility index (Phi) is 3.60. The van der Waals surface area contributed by atoms with Crippen LogP contribution in [0, 0.1) is 11.3 Å². The largest absolute Gasteiger partial charge is 0.383 e. The molecule has 120 valence electrons. The lowest BCUT2D eigenvalue weighted by molar-refractivity contribution is 0.681. The summed E-state index contributed by atoms with van der Waals surface area (Å²) in [6.45, 7) is 0.564. The molecule has 0 amide bonds. The molecule has 0 radical (unpaired) electrons. The molecule has 0 fully saturated rings. The zero-order valence-corrected chi connectivity index (χ0v) is 13.3. The third-order valence-electron chi connectivity index (χ3n) is 3.92. The highest BCUT2D eigenvalue weighted by atomic mass is 15.3. The molecule has 6 nitrogen and oxygen atoms in total. The summed E-state index contributed by atoms with van der Waals surface area (Å²) >= 11 is 0. The number of anilines is 1. The Hall–Kier alpha value is -3.72. The summed E-state index contributed by atoms with van der Waals surface area (Å²) in [6, 6.07) is 17.1. The molecule has 0 aliphatic heterocycles. The lowest BCUT2D eigenvalue weighted by atomic mass is 10.1. The predicted octanol–water partition coefficient (Wildman–Crippen LogP) is 3.00. The number of aromatic nitrogens is 4. The van der Waals surface area contributed by atoms with Crippen molar-refractivity contribution in [1.82, 2.24) is 19.7 Å². The van der Waals surface area contributed by atoms with Crippen LogP contribution >= 0.6 is 0 Å². The molecule has 0 aliphatic rings. The Morgan fingerprint density at radius 3 is 2.84 bits per heavy atom. The van der Waals surface area contributed by atoms with E-state index in [-0.39, 0.29) is 0 Å². The number of nitrogen functional groups attached to an aromatic ring is 1. The lowest BCUT2D eigenvalue weighted by Crippen LogP contribution is -2.01. The van der Waals surface area contributed by atoms with E-state index in [1.807, 2.05) is 42.6 Å². The molecular formula is C19H14N6. The normalized spacial score (nSPS) is 10.7. The smallest absolute Gasteiger partial charge is 0.135 e. The molecule has 4 aromatic rings. The number of nitrogens with two attached hydrogens (primary N) is 1. The second-order valence-electron chi connectivity index (χ2n) is 5.67. The average Bonchev–Trinajstić information content (AvgIpc) is 3.05. The van der Waals surface area contributed by atoms with Crippen molar-refractivity contribution in [2.75, 3.05) is 5.73 Å². The molecule has 0 bridgehead atoms. The average molecular weight is 326 g/mol. The van der Waals surface area contributed by atoms with Gasteiger partial charge in [-0.3, -0.25) is 9.67 Å². The van der Waals surface area contributed by atoms with E-state index in [0.717, 1.165) is 22.2 Å². The van der Waals surface area contributed by atoms with Crippen LogP contribution in [0.15, 0.2) is 60.9 Å². The van der Waals surface area contributed by atoms with Gasteiger partial charge in [-0.05, 0) is 30.3 Å². The Labute approximate surface area is 144 Å². The van der Waals surface area contributed by atoms with E-state index < -0.39 is 0 Å². The van der Waals surface area contributed by atoms with Crippen LogP contribution in [0.3, 0.4) is 0 Å². The summed E-state index contributed by atoms with van der Waals surface area (Å²) in [5, 5.41) is 14.5. The summed E-state index contributed by atoms with van der Waals surface area (Å²) < 4.78 is 1.81. The number of nitrogens with zero attached hydrogens (tertiary/aromatic N) is 5. The Morgan fingerprint density at radius 1 is 1.12 bits per heavy atom. The van der Waals surface area contributed by atoms with E-state index in [4.69, 9.17) is 11.0 Å². The quantitative estimate of drug-likeness (QED) is 0.624. The molecule has 0 spiro atoms. The summed E-state index contributed by atoms with van der Waals surface area (Å²) in [5.74, 6) is 0.419. The molecule has 3 heterocycles. The third-order valence-corrected chi connectivity index (χ3v) is 3.92. The molecule has 3 aromatic heterocycles. The van der Waals surface area contributed by atoms with Gasteiger partial charge in [-0.2, -0.15) is 10.4 Å². The van der Waals surface area contributed by atoms with Gasteiger partial charge in [0.05, 0.1) is 40.5 Å². The molecule has 2 N–H and O–H groups in total. The lowest BCUT2D eigenvalue weighted by Gasteiger charge is -2.03. The van der Waals surface area contributed by atoms with Crippen molar-refractivity contribution in [3.8, 4) is 17.3 Å². The summed E-state index contributed by atoms with van der Waals surface area (Å²) in [5.41, 5.74) is 9.93. The number of nitriles is 1. The van der Waals surface area contributed by atoms with Crippen LogP contribution in [-0.4, -0.2) is 19.7 Å². The summed E-state index contributed by atoms with van der Waals surface area (Å²) in [4.78, 5) is 8.78. The van der Waals surface area contributed by atoms with Gasteiger partial charge in [0.1, 0.15) is 5.82 Å². The van der Waals surface area contributed by atoms with Crippen molar-refractivity contribution in [1.29, 1.82) is 5.26 Å². The van der Waals surface area contributed by atoms with E-state index in [1.54, 1.807) is 23.0 Å². The van der Waals surface area contributed by atoms with Crippen LogP contribution in [0.25, 0.3) is 22.2 Å². The molecule has 0 aliphatic carbocycles. The minimum Gasteiger partial charge on any atom is -0.383 e. The van der Waals surface area contributed by atoms with Crippen molar-refractivity contribution < 1.29 is 0 Å². The molecule has 0 saturated heterocycles. The fourth-order valence-corrected chi connectivity index (χ4v) is 2.73. The molecule has 4 rings (SSSR count). The van der Waals surface area contributed by atoms with Crippen molar-refractivity contribution in [2.24, 2.45) is 0 Å². The predicted molar refractivity (Wildman–Crippen MR) is 95.4 cm³/mol. The van der Waals surface area contributed by atoms with Gasteiger partial charge in [-0.25, -0.2) is 4.98 Å². The van der Waals surface area contributed by atoms with Crippen molar-refractivity contribution in [3.05, 3.63) is 72.2 Å². The zero-order chi connectivity index (χ0) is 17.2. The van der Waals surface area contributed by atoms with Gasteiger partial charge in [0.2, 0.25) is 0 Å². The van der Waals surface area contributed by atoms with Crippen molar-refractivity contribution in [2.45, 2.75) is 6.54 Å². The number of fused-ring (bicyclic) bond motifs is 1. The van der Waals surface area contributed by atoms with Gasteiger partial charge < -0.3 is 5.73 Å². The summed E-state index contributed by atoms with van der Waals surface area (Å²) in [7, 11) is 0. The monoisotopic (exact) mass is 326 g/mol. The van der Waals surface area contributed by atoms with E-state index in [2.05, 4.69) is 21.1 Å². The van der Waals surface area contributed by atoms with Crippen LogP contribution in [0.5, 0.6) is 0 Å². The molecule has 25 heavy (non-hydrogen) atoms. The minimum absolute atomic E-state index is 0.419. The maximum Gasteiger partial charge on any atom is 0.135 e. The van der Waals surface area contributed by atoms with Crippen LogP contribution in [0.1, 0.15) is 11.3 Å². The first kappa shape index (κ1) is 14.8. The number of hydrogen-bond donors (Lipinski definition) is 1. The first-order chi connectivity index (χ1) is 12.2.